The fourth-order valence-electron chi connectivity index (χ4n) is 4.13. The quantitative estimate of drug-likeness (QED) is 0.636. The minimum Gasteiger partial charge on any atom is -0.382 e. The Kier molecular flexibility index (Phi) is 5.58. The summed E-state index contributed by atoms with van der Waals surface area (Å²) in [7, 11) is 3.62. The number of nitrogens with zero attached hydrogens (tertiary/aromatic N) is 2. The molecule has 3 fully saturated rings. The Balaban J connectivity index is 1.48. The predicted octanol–water partition coefficient (Wildman–Crippen LogP) is 1.88. The molecule has 3 atom stereocenters. The minimum absolute atomic E-state index is 0.158. The van der Waals surface area contributed by atoms with Crippen LogP contribution in [0, 0.1) is 11.8 Å². The lowest BCUT2D eigenvalue weighted by molar-refractivity contribution is -0.0447. The molecule has 2 aliphatic carbocycles. The first-order valence-electron chi connectivity index (χ1n) is 8.90. The van der Waals surface area contributed by atoms with E-state index in [1.165, 1.54) is 38.5 Å². The van der Waals surface area contributed by atoms with Crippen LogP contribution in [0.5, 0.6) is 0 Å². The van der Waals surface area contributed by atoms with Crippen molar-refractivity contribution in [3.8, 4) is 0 Å². The first-order valence-corrected chi connectivity index (χ1v) is 8.90. The lowest BCUT2D eigenvalue weighted by atomic mass is 9.85. The number of morpholine rings is 1. The summed E-state index contributed by atoms with van der Waals surface area (Å²) in [6.45, 7) is 3.20. The van der Waals surface area contributed by atoms with Crippen LogP contribution < -0.4 is 5.32 Å². The van der Waals surface area contributed by atoms with Gasteiger partial charge in [0.2, 0.25) is 0 Å². The molecule has 0 spiro atoms. The van der Waals surface area contributed by atoms with E-state index >= 15 is 0 Å². The van der Waals surface area contributed by atoms with Crippen LogP contribution in [0.25, 0.3) is 0 Å². The van der Waals surface area contributed by atoms with Gasteiger partial charge in [-0.2, -0.15) is 0 Å². The molecule has 5 heteroatoms. The summed E-state index contributed by atoms with van der Waals surface area (Å²) in [5.74, 6) is 2.89. The van der Waals surface area contributed by atoms with E-state index in [0.29, 0.717) is 12.6 Å². The first kappa shape index (κ1) is 16.1. The number of rotatable bonds is 4. The van der Waals surface area contributed by atoms with Gasteiger partial charge in [-0.1, -0.05) is 32.1 Å². The molecule has 1 N–H and O–H groups in total. The zero-order valence-electron chi connectivity index (χ0n) is 14.1. The lowest BCUT2D eigenvalue weighted by Gasteiger charge is -2.35. The van der Waals surface area contributed by atoms with Crippen molar-refractivity contribution in [3.63, 3.8) is 0 Å². The zero-order chi connectivity index (χ0) is 15.4. The van der Waals surface area contributed by atoms with Crippen LogP contribution in [0.1, 0.15) is 38.5 Å². The average Bonchev–Trinajstić information content (AvgIpc) is 3.33. The van der Waals surface area contributed by atoms with Gasteiger partial charge in [-0.05, 0) is 18.3 Å². The number of hydrogen-bond donors (Lipinski definition) is 1. The fourth-order valence-corrected chi connectivity index (χ4v) is 4.13. The molecule has 3 unspecified atom stereocenters. The maximum absolute atomic E-state index is 5.73. The Morgan fingerprint density at radius 2 is 2.14 bits per heavy atom. The van der Waals surface area contributed by atoms with Crippen molar-refractivity contribution < 1.29 is 9.47 Å². The third-order valence-electron chi connectivity index (χ3n) is 5.41. The molecule has 0 bridgehead atoms. The smallest absolute Gasteiger partial charge is 0.194 e. The van der Waals surface area contributed by atoms with Crippen molar-refractivity contribution in [3.05, 3.63) is 0 Å². The summed E-state index contributed by atoms with van der Waals surface area (Å²) in [4.78, 5) is 6.82. The Morgan fingerprint density at radius 3 is 2.86 bits per heavy atom. The van der Waals surface area contributed by atoms with Crippen LogP contribution >= 0.6 is 0 Å². The second-order valence-electron chi connectivity index (χ2n) is 6.99. The summed E-state index contributed by atoms with van der Waals surface area (Å²) in [5, 5.41) is 3.70. The highest BCUT2D eigenvalue weighted by Gasteiger charge is 2.44. The fraction of sp³-hybridized carbons (Fsp3) is 0.941. The largest absolute Gasteiger partial charge is 0.382 e. The number of nitrogens with one attached hydrogen (secondary N) is 1. The standard InChI is InChI=1S/C17H31N3O2/c1-18-17(20-8-9-22-14(11-20)12-21-2)19-16-10-15(16)13-6-4-3-5-7-13/h13-16H,3-12H2,1-2H3,(H,18,19). The monoisotopic (exact) mass is 309 g/mol. The van der Waals surface area contributed by atoms with Gasteiger partial charge >= 0.3 is 0 Å². The molecule has 0 aromatic rings. The van der Waals surface area contributed by atoms with Crippen LogP contribution in [0.3, 0.4) is 0 Å². The first-order chi connectivity index (χ1) is 10.8. The SMILES string of the molecule is CN=C(NC1CC1C1CCCCC1)N1CCOC(COC)C1. The van der Waals surface area contributed by atoms with Gasteiger partial charge in [0.25, 0.3) is 0 Å². The molecule has 0 radical (unpaired) electrons. The third kappa shape index (κ3) is 3.93. The molecule has 1 heterocycles. The summed E-state index contributed by atoms with van der Waals surface area (Å²) in [5.41, 5.74) is 0. The van der Waals surface area contributed by atoms with E-state index in [1.807, 2.05) is 7.05 Å². The second kappa shape index (κ2) is 7.64. The van der Waals surface area contributed by atoms with Crippen LogP contribution in [0.15, 0.2) is 4.99 Å². The molecule has 126 valence electrons. The highest BCUT2D eigenvalue weighted by molar-refractivity contribution is 5.80. The van der Waals surface area contributed by atoms with Crippen LogP contribution in [-0.4, -0.2) is 63.5 Å². The van der Waals surface area contributed by atoms with Crippen molar-refractivity contribution in [2.75, 3.05) is 40.5 Å². The maximum Gasteiger partial charge on any atom is 0.194 e. The Labute approximate surface area is 134 Å². The Hall–Kier alpha value is -0.810. The second-order valence-corrected chi connectivity index (χ2v) is 6.99. The van der Waals surface area contributed by atoms with Crippen LogP contribution in [0.2, 0.25) is 0 Å². The molecule has 0 amide bonds. The molecule has 5 nitrogen and oxygen atoms in total. The maximum atomic E-state index is 5.73. The van der Waals surface area contributed by atoms with E-state index in [1.54, 1.807) is 7.11 Å². The summed E-state index contributed by atoms with van der Waals surface area (Å²) < 4.78 is 11.0. The molecule has 3 aliphatic rings. The third-order valence-corrected chi connectivity index (χ3v) is 5.41. The van der Waals surface area contributed by atoms with Gasteiger partial charge in [0.05, 0.1) is 19.3 Å². The molecule has 2 saturated carbocycles. The van der Waals surface area contributed by atoms with E-state index in [2.05, 4.69) is 15.2 Å². The summed E-state index contributed by atoms with van der Waals surface area (Å²) in [6.07, 6.45) is 8.68. The van der Waals surface area contributed by atoms with E-state index in [0.717, 1.165) is 37.5 Å². The van der Waals surface area contributed by atoms with Gasteiger partial charge in [0.15, 0.2) is 5.96 Å². The molecule has 0 aromatic carbocycles. The molecular formula is C17H31N3O2. The van der Waals surface area contributed by atoms with Crippen LogP contribution in [0.4, 0.5) is 0 Å². The van der Waals surface area contributed by atoms with Gasteiger partial charge in [0, 0.05) is 33.3 Å². The summed E-state index contributed by atoms with van der Waals surface area (Å²) >= 11 is 0. The predicted molar refractivity (Wildman–Crippen MR) is 88.2 cm³/mol. The van der Waals surface area contributed by atoms with Crippen LogP contribution in [-0.2, 0) is 9.47 Å². The Morgan fingerprint density at radius 1 is 1.32 bits per heavy atom. The number of methoxy groups -OCH3 is 1. The van der Waals surface area contributed by atoms with Crippen molar-refractivity contribution >= 4 is 5.96 Å². The van der Waals surface area contributed by atoms with Gasteiger partial charge in [-0.3, -0.25) is 4.99 Å². The van der Waals surface area contributed by atoms with Gasteiger partial charge in [-0.25, -0.2) is 0 Å². The number of guanidine groups is 1. The number of hydrogen-bond acceptors (Lipinski definition) is 3. The highest BCUT2D eigenvalue weighted by atomic mass is 16.5. The lowest BCUT2D eigenvalue weighted by Crippen LogP contribution is -2.52. The molecule has 0 aromatic heterocycles. The zero-order valence-corrected chi connectivity index (χ0v) is 14.1. The highest BCUT2D eigenvalue weighted by Crippen LogP contribution is 2.44. The van der Waals surface area contributed by atoms with E-state index in [9.17, 15) is 0 Å². The number of ether oxygens (including phenoxy) is 2. The topological polar surface area (TPSA) is 46.1 Å². The van der Waals surface area contributed by atoms with Crippen molar-refractivity contribution in [1.82, 2.24) is 10.2 Å². The molecule has 1 aliphatic heterocycles. The van der Waals surface area contributed by atoms with Crippen molar-refractivity contribution in [2.24, 2.45) is 16.8 Å². The van der Waals surface area contributed by atoms with Gasteiger partial charge < -0.3 is 19.7 Å². The molecule has 1 saturated heterocycles. The molecular weight excluding hydrogens is 278 g/mol. The number of aliphatic imine (C=N–C) groups is 1. The van der Waals surface area contributed by atoms with E-state index < -0.39 is 0 Å². The average molecular weight is 309 g/mol. The molecule has 22 heavy (non-hydrogen) atoms. The van der Waals surface area contributed by atoms with E-state index in [4.69, 9.17) is 9.47 Å². The summed E-state index contributed by atoms with van der Waals surface area (Å²) in [6, 6.07) is 0.644. The van der Waals surface area contributed by atoms with Gasteiger partial charge in [0.1, 0.15) is 0 Å². The van der Waals surface area contributed by atoms with Crippen molar-refractivity contribution in [2.45, 2.75) is 50.7 Å². The normalized spacial score (nSPS) is 33.8. The van der Waals surface area contributed by atoms with E-state index in [-0.39, 0.29) is 6.10 Å². The molecule has 3 rings (SSSR count). The van der Waals surface area contributed by atoms with Crippen molar-refractivity contribution in [1.29, 1.82) is 0 Å². The Bertz CT molecular complexity index is 380. The minimum atomic E-state index is 0.158. The van der Waals surface area contributed by atoms with Gasteiger partial charge in [-0.15, -0.1) is 0 Å².